The van der Waals surface area contributed by atoms with E-state index in [0.29, 0.717) is 36.5 Å². The third-order valence-corrected chi connectivity index (χ3v) is 5.36. The number of hydrogen-bond acceptors (Lipinski definition) is 8. The predicted molar refractivity (Wildman–Crippen MR) is 108 cm³/mol. The fourth-order valence-electron chi connectivity index (χ4n) is 2.57. The van der Waals surface area contributed by atoms with Crippen molar-refractivity contribution in [2.24, 2.45) is 0 Å². The molecule has 0 spiro atoms. The molecule has 2 aromatic rings. The summed E-state index contributed by atoms with van der Waals surface area (Å²) >= 11 is 0.551. The molecule has 0 radical (unpaired) electrons. The monoisotopic (exact) mass is 411 g/mol. The Hall–Kier alpha value is -1.95. The Morgan fingerprint density at radius 2 is 2.19 bits per heavy atom. The number of carbonyl (C=O) groups excluding carboxylic acids is 1. The summed E-state index contributed by atoms with van der Waals surface area (Å²) in [6.07, 6.45) is 3.41. The third-order valence-electron chi connectivity index (χ3n) is 3.74. The van der Waals surface area contributed by atoms with Gasteiger partial charge in [0.1, 0.15) is 23.2 Å². The summed E-state index contributed by atoms with van der Waals surface area (Å²) in [5, 5.41) is 5.84. The fraction of sp³-hybridized carbons (Fsp3) is 0.500. The Balaban J connectivity index is 1.87. The minimum atomic E-state index is -0.760. The first-order valence-electron chi connectivity index (χ1n) is 8.58. The molecule has 1 aliphatic heterocycles. The number of morpholine rings is 1. The van der Waals surface area contributed by atoms with Crippen molar-refractivity contribution in [3.05, 3.63) is 18.0 Å². The van der Waals surface area contributed by atoms with E-state index in [2.05, 4.69) is 30.5 Å². The van der Waals surface area contributed by atoms with Crippen molar-refractivity contribution in [3.63, 3.8) is 0 Å². The quantitative estimate of drug-likeness (QED) is 0.621. The van der Waals surface area contributed by atoms with Crippen LogP contribution in [-0.4, -0.2) is 64.6 Å². The number of aromatic nitrogens is 3. The highest BCUT2D eigenvalue weighted by atomic mass is 32.2. The zero-order chi connectivity index (χ0) is 19.2. The second-order valence-corrected chi connectivity index (χ2v) is 8.42. The number of hydrogen-bond donors (Lipinski definition) is 3. The number of thiazole rings is 1. The highest BCUT2D eigenvalue weighted by molar-refractivity contribution is 7.89. The Bertz CT molecular complexity index is 779. The van der Waals surface area contributed by atoms with Gasteiger partial charge in [-0.1, -0.05) is 11.3 Å². The summed E-state index contributed by atoms with van der Waals surface area (Å²) in [5.74, 6) is 1.83. The Labute approximate surface area is 164 Å². The second kappa shape index (κ2) is 9.31. The van der Waals surface area contributed by atoms with E-state index >= 15 is 0 Å². The molecule has 0 saturated carbocycles. The van der Waals surface area contributed by atoms with Crippen LogP contribution in [0.25, 0.3) is 10.7 Å². The Morgan fingerprint density at radius 3 is 2.89 bits per heavy atom. The van der Waals surface area contributed by atoms with Crippen molar-refractivity contribution in [1.29, 1.82) is 0 Å². The molecule has 9 nitrogen and oxygen atoms in total. The van der Waals surface area contributed by atoms with E-state index in [1.165, 1.54) is 11.3 Å². The summed E-state index contributed by atoms with van der Waals surface area (Å²) in [7, 11) is 0. The van der Waals surface area contributed by atoms with E-state index in [0.717, 1.165) is 29.5 Å². The summed E-state index contributed by atoms with van der Waals surface area (Å²) < 4.78 is 15.2. The van der Waals surface area contributed by atoms with Crippen molar-refractivity contribution in [2.45, 2.75) is 12.7 Å². The van der Waals surface area contributed by atoms with E-state index in [1.807, 2.05) is 13.0 Å². The number of urea groups is 1. The lowest BCUT2D eigenvalue weighted by Crippen LogP contribution is -2.37. The number of ether oxygens (including phenoxy) is 1. The minimum absolute atomic E-state index is 0.294. The average Bonchev–Trinajstić information content (AvgIpc) is 3.10. The lowest BCUT2D eigenvalue weighted by Gasteiger charge is -2.28. The molecule has 1 atom stereocenters. The number of carbonyl (C=O) groups is 1. The molecule has 0 bridgehead atoms. The van der Waals surface area contributed by atoms with Crippen LogP contribution in [0.15, 0.2) is 12.3 Å². The molecule has 11 heteroatoms. The first-order valence-corrected chi connectivity index (χ1v) is 11.2. The molecule has 3 N–H and O–H groups in total. The van der Waals surface area contributed by atoms with Crippen LogP contribution in [0.4, 0.5) is 15.7 Å². The molecule has 1 aliphatic rings. The van der Waals surface area contributed by atoms with Crippen molar-refractivity contribution in [3.8, 4) is 10.7 Å². The van der Waals surface area contributed by atoms with Crippen molar-refractivity contribution < 1.29 is 14.1 Å². The lowest BCUT2D eigenvalue weighted by atomic mass is 10.3. The van der Waals surface area contributed by atoms with Crippen LogP contribution in [0.1, 0.15) is 12.6 Å². The molecule has 146 valence electrons. The maximum atomic E-state index is 11.7. The van der Waals surface area contributed by atoms with Gasteiger partial charge in [0.15, 0.2) is 16.7 Å². The van der Waals surface area contributed by atoms with E-state index in [9.17, 15) is 9.35 Å². The van der Waals surface area contributed by atoms with Crippen molar-refractivity contribution >= 4 is 39.5 Å². The van der Waals surface area contributed by atoms with Crippen LogP contribution >= 0.6 is 11.3 Å². The summed E-state index contributed by atoms with van der Waals surface area (Å²) in [4.78, 5) is 28.1. The van der Waals surface area contributed by atoms with E-state index in [1.54, 1.807) is 12.5 Å². The molecule has 2 amide bonds. The molecule has 0 aromatic carbocycles. The van der Waals surface area contributed by atoms with Crippen LogP contribution in [0.2, 0.25) is 0 Å². The molecular weight excluding hydrogens is 388 g/mol. The van der Waals surface area contributed by atoms with Crippen LogP contribution in [0, 0.1) is 0 Å². The number of nitrogens with one attached hydrogen (secondary N) is 2. The number of rotatable bonds is 6. The van der Waals surface area contributed by atoms with Crippen LogP contribution in [0.3, 0.4) is 0 Å². The van der Waals surface area contributed by atoms with Gasteiger partial charge >= 0.3 is 6.03 Å². The van der Waals surface area contributed by atoms with Crippen LogP contribution < -0.4 is 15.5 Å². The Kier molecular flexibility index (Phi) is 6.83. The van der Waals surface area contributed by atoms with Gasteiger partial charge in [0.2, 0.25) is 0 Å². The molecule has 1 unspecified atom stereocenters. The van der Waals surface area contributed by atoms with Gasteiger partial charge in [-0.3, -0.25) is 5.32 Å². The Morgan fingerprint density at radius 1 is 1.41 bits per heavy atom. The minimum Gasteiger partial charge on any atom is -0.378 e. The topological polar surface area (TPSA) is 112 Å². The van der Waals surface area contributed by atoms with Crippen LogP contribution in [0.5, 0.6) is 0 Å². The first-order chi connectivity index (χ1) is 13.0. The molecule has 2 aromatic heterocycles. The average molecular weight is 412 g/mol. The molecule has 3 heterocycles. The van der Waals surface area contributed by atoms with Crippen molar-refractivity contribution in [1.82, 2.24) is 20.3 Å². The van der Waals surface area contributed by atoms with Gasteiger partial charge < -0.3 is 15.0 Å². The van der Waals surface area contributed by atoms with Gasteiger partial charge in [0.05, 0.1) is 30.0 Å². The summed E-state index contributed by atoms with van der Waals surface area (Å²) in [6, 6.07) is 1.63. The molecule has 27 heavy (non-hydrogen) atoms. The molecule has 1 saturated heterocycles. The van der Waals surface area contributed by atoms with Gasteiger partial charge in [-0.05, 0) is 6.92 Å². The molecular formula is C16H23N6O3S2+. The zero-order valence-electron chi connectivity index (χ0n) is 15.3. The fourth-order valence-corrected chi connectivity index (χ4v) is 3.89. The standard InChI is InChI=1S/C16H22N6O3S2/c1-3-17-15(23)21-16-18-9-12(26-16)14-19-11(10-27(2)24)8-13(20-14)22-4-6-25-7-5-22/h8-9,24H,3-7,10H2,1-2H3,(H-,17,18,19,20,21,23)/p+1. The number of amides is 2. The largest absolute Gasteiger partial charge is 0.378 e. The number of nitrogens with zero attached hydrogens (tertiary/aromatic N) is 4. The van der Waals surface area contributed by atoms with E-state index in [4.69, 9.17) is 4.74 Å². The van der Waals surface area contributed by atoms with Gasteiger partial charge in [0.25, 0.3) is 0 Å². The van der Waals surface area contributed by atoms with Crippen LogP contribution in [-0.2, 0) is 21.7 Å². The maximum absolute atomic E-state index is 11.7. The van der Waals surface area contributed by atoms with Crippen molar-refractivity contribution in [2.75, 3.05) is 49.3 Å². The normalized spacial score (nSPS) is 15.4. The van der Waals surface area contributed by atoms with E-state index in [-0.39, 0.29) is 6.03 Å². The summed E-state index contributed by atoms with van der Waals surface area (Å²) in [6.45, 7) is 5.24. The SMILES string of the molecule is CCNC(=O)Nc1ncc(-c2nc(C[S+](C)O)cc(N3CCOCC3)n2)s1. The zero-order valence-corrected chi connectivity index (χ0v) is 16.9. The van der Waals surface area contributed by atoms with Gasteiger partial charge in [-0.15, -0.1) is 0 Å². The molecule has 0 aliphatic carbocycles. The molecule has 1 fully saturated rings. The second-order valence-electron chi connectivity index (χ2n) is 5.90. The predicted octanol–water partition coefficient (Wildman–Crippen LogP) is 1.80. The summed E-state index contributed by atoms with van der Waals surface area (Å²) in [5.41, 5.74) is 0.779. The highest BCUT2D eigenvalue weighted by Crippen LogP contribution is 2.28. The number of anilines is 2. The van der Waals surface area contributed by atoms with Gasteiger partial charge in [0, 0.05) is 25.7 Å². The smallest absolute Gasteiger partial charge is 0.321 e. The van der Waals surface area contributed by atoms with E-state index < -0.39 is 11.2 Å². The van der Waals surface area contributed by atoms with Gasteiger partial charge in [-0.25, -0.2) is 19.7 Å². The maximum Gasteiger partial charge on any atom is 0.321 e. The molecule has 3 rings (SSSR count). The third kappa shape index (κ3) is 5.51. The van der Waals surface area contributed by atoms with Gasteiger partial charge in [-0.2, -0.15) is 4.55 Å². The lowest BCUT2D eigenvalue weighted by molar-refractivity contribution is 0.122. The first kappa shape index (κ1) is 19.8. The highest BCUT2D eigenvalue weighted by Gasteiger charge is 2.20.